The smallest absolute Gasteiger partial charge is 0.224 e. The Morgan fingerprint density at radius 3 is 2.94 bits per heavy atom. The predicted molar refractivity (Wildman–Crippen MR) is 74.5 cm³/mol. The fraction of sp³-hybridized carbons (Fsp3) is 0.286. The topological polar surface area (TPSA) is 33.2 Å². The number of pyridine rings is 1. The van der Waals surface area contributed by atoms with E-state index in [0.29, 0.717) is 13.0 Å². The van der Waals surface area contributed by atoms with Gasteiger partial charge in [-0.05, 0) is 17.7 Å². The highest BCUT2D eigenvalue weighted by molar-refractivity contribution is 9.09. The van der Waals surface area contributed by atoms with Crippen molar-refractivity contribution in [2.24, 2.45) is 0 Å². The number of likely N-dealkylation sites (tertiary alicyclic amines) is 1. The number of aromatic nitrogens is 1. The molecule has 3 rings (SSSR count). The second kappa shape index (κ2) is 4.69. The third kappa shape index (κ3) is 2.12. The summed E-state index contributed by atoms with van der Waals surface area (Å²) in [6.45, 7) is 1.46. The Morgan fingerprint density at radius 1 is 1.33 bits per heavy atom. The highest BCUT2D eigenvalue weighted by Crippen LogP contribution is 2.23. The van der Waals surface area contributed by atoms with Gasteiger partial charge in [-0.1, -0.05) is 34.1 Å². The molecule has 1 saturated heterocycles. The Bertz CT molecular complexity index is 594. The van der Waals surface area contributed by atoms with Gasteiger partial charge in [0.1, 0.15) is 0 Å². The molecule has 2 heterocycles. The van der Waals surface area contributed by atoms with Gasteiger partial charge in [-0.3, -0.25) is 9.78 Å². The van der Waals surface area contributed by atoms with Crippen LogP contribution < -0.4 is 0 Å². The third-order valence-corrected chi connectivity index (χ3v) is 3.88. The molecule has 1 aliphatic rings. The highest BCUT2D eigenvalue weighted by Gasteiger charge is 2.27. The first-order valence-electron chi connectivity index (χ1n) is 5.98. The van der Waals surface area contributed by atoms with Gasteiger partial charge >= 0.3 is 0 Å². The molecule has 1 aliphatic heterocycles. The van der Waals surface area contributed by atoms with E-state index in [1.54, 1.807) is 0 Å². The molecule has 0 N–H and O–H groups in total. The summed E-state index contributed by atoms with van der Waals surface area (Å²) in [5.41, 5.74) is 2.15. The van der Waals surface area contributed by atoms with Crippen LogP contribution in [0.25, 0.3) is 10.9 Å². The zero-order chi connectivity index (χ0) is 12.5. The minimum Gasteiger partial charge on any atom is -0.337 e. The lowest BCUT2D eigenvalue weighted by atomic mass is 10.1. The number of benzene rings is 1. The van der Waals surface area contributed by atoms with Crippen LogP contribution >= 0.6 is 15.9 Å². The van der Waals surface area contributed by atoms with Crippen molar-refractivity contribution in [2.45, 2.75) is 17.8 Å². The van der Waals surface area contributed by atoms with Gasteiger partial charge in [-0.15, -0.1) is 0 Å². The van der Waals surface area contributed by atoms with Crippen LogP contribution in [0.15, 0.2) is 36.5 Å². The summed E-state index contributed by atoms with van der Waals surface area (Å²) in [7, 11) is 0. The SMILES string of the molecule is O=C1CC(Br)CN1Cc1ccnc2ccccc12. The molecule has 0 radical (unpaired) electrons. The van der Waals surface area contributed by atoms with E-state index in [-0.39, 0.29) is 10.7 Å². The molecule has 1 unspecified atom stereocenters. The molecule has 0 bridgehead atoms. The van der Waals surface area contributed by atoms with Crippen molar-refractivity contribution in [2.75, 3.05) is 6.54 Å². The molecule has 0 aliphatic carbocycles. The van der Waals surface area contributed by atoms with Crippen molar-refractivity contribution in [1.82, 2.24) is 9.88 Å². The molecule has 4 heteroatoms. The van der Waals surface area contributed by atoms with Crippen LogP contribution in [0, 0.1) is 0 Å². The molecule has 92 valence electrons. The predicted octanol–water partition coefficient (Wildman–Crippen LogP) is 2.73. The van der Waals surface area contributed by atoms with Gasteiger partial charge in [-0.2, -0.15) is 0 Å². The molecule has 1 atom stereocenters. The van der Waals surface area contributed by atoms with Crippen LogP contribution in [0.2, 0.25) is 0 Å². The van der Waals surface area contributed by atoms with Crippen molar-refractivity contribution < 1.29 is 4.79 Å². The van der Waals surface area contributed by atoms with E-state index >= 15 is 0 Å². The Labute approximate surface area is 114 Å². The summed E-state index contributed by atoms with van der Waals surface area (Å²) in [4.78, 5) is 18.3. The highest BCUT2D eigenvalue weighted by atomic mass is 79.9. The zero-order valence-electron chi connectivity index (χ0n) is 9.84. The molecule has 1 fully saturated rings. The number of nitrogens with zero attached hydrogens (tertiary/aromatic N) is 2. The van der Waals surface area contributed by atoms with Crippen molar-refractivity contribution in [3.05, 3.63) is 42.1 Å². The average Bonchev–Trinajstić information content (AvgIpc) is 2.68. The van der Waals surface area contributed by atoms with Gasteiger partial charge < -0.3 is 4.90 Å². The first-order valence-corrected chi connectivity index (χ1v) is 6.90. The largest absolute Gasteiger partial charge is 0.337 e. The third-order valence-electron chi connectivity index (χ3n) is 3.27. The molecule has 1 amide bonds. The van der Waals surface area contributed by atoms with Crippen LogP contribution in [0.3, 0.4) is 0 Å². The average molecular weight is 305 g/mol. The maximum atomic E-state index is 11.8. The molecular weight excluding hydrogens is 292 g/mol. The Hall–Kier alpha value is -1.42. The summed E-state index contributed by atoms with van der Waals surface area (Å²) < 4.78 is 0. The van der Waals surface area contributed by atoms with Gasteiger partial charge in [0, 0.05) is 35.9 Å². The summed E-state index contributed by atoms with van der Waals surface area (Å²) in [6, 6.07) is 10.0. The Morgan fingerprint density at radius 2 is 2.17 bits per heavy atom. The lowest BCUT2D eigenvalue weighted by molar-refractivity contribution is -0.128. The van der Waals surface area contributed by atoms with Gasteiger partial charge in [-0.25, -0.2) is 0 Å². The van der Waals surface area contributed by atoms with E-state index in [4.69, 9.17) is 0 Å². The number of hydrogen-bond acceptors (Lipinski definition) is 2. The molecule has 2 aromatic rings. The Balaban J connectivity index is 1.93. The number of amides is 1. The number of alkyl halides is 1. The van der Waals surface area contributed by atoms with Gasteiger partial charge in [0.2, 0.25) is 5.91 Å². The number of fused-ring (bicyclic) bond motifs is 1. The normalized spacial score (nSPS) is 19.7. The quantitative estimate of drug-likeness (QED) is 0.799. The lowest BCUT2D eigenvalue weighted by Crippen LogP contribution is -2.24. The van der Waals surface area contributed by atoms with Crippen LogP contribution in [0.1, 0.15) is 12.0 Å². The summed E-state index contributed by atoms with van der Waals surface area (Å²) in [5, 5.41) is 1.13. The monoisotopic (exact) mass is 304 g/mol. The fourth-order valence-electron chi connectivity index (χ4n) is 2.38. The van der Waals surface area contributed by atoms with Crippen LogP contribution in [-0.4, -0.2) is 27.2 Å². The standard InChI is InChI=1S/C14H13BrN2O/c15-11-7-14(18)17(9-11)8-10-5-6-16-13-4-2-1-3-12(10)13/h1-6,11H,7-9H2. The lowest BCUT2D eigenvalue weighted by Gasteiger charge is -2.16. The molecule has 1 aromatic carbocycles. The number of hydrogen-bond donors (Lipinski definition) is 0. The first-order chi connectivity index (χ1) is 8.74. The van der Waals surface area contributed by atoms with Crippen LogP contribution in [0.5, 0.6) is 0 Å². The van der Waals surface area contributed by atoms with Crippen LogP contribution in [0.4, 0.5) is 0 Å². The van der Waals surface area contributed by atoms with Crippen molar-refractivity contribution in [1.29, 1.82) is 0 Å². The van der Waals surface area contributed by atoms with Crippen molar-refractivity contribution in [3.8, 4) is 0 Å². The minimum absolute atomic E-state index is 0.220. The maximum absolute atomic E-state index is 11.8. The number of para-hydroxylation sites is 1. The van der Waals surface area contributed by atoms with Gasteiger partial charge in [0.15, 0.2) is 0 Å². The van der Waals surface area contributed by atoms with Crippen LogP contribution in [-0.2, 0) is 11.3 Å². The minimum atomic E-state index is 0.220. The summed E-state index contributed by atoms with van der Waals surface area (Å²) in [6.07, 6.45) is 2.41. The van der Waals surface area contributed by atoms with Crippen molar-refractivity contribution >= 4 is 32.7 Å². The zero-order valence-corrected chi connectivity index (χ0v) is 11.4. The number of halogens is 1. The Kier molecular flexibility index (Phi) is 3.04. The number of carbonyl (C=O) groups is 1. The van der Waals surface area contributed by atoms with E-state index in [1.807, 2.05) is 35.4 Å². The molecule has 0 saturated carbocycles. The molecule has 1 aromatic heterocycles. The van der Waals surface area contributed by atoms with E-state index in [0.717, 1.165) is 23.0 Å². The summed E-state index contributed by atoms with van der Waals surface area (Å²) >= 11 is 3.51. The molecule has 18 heavy (non-hydrogen) atoms. The van der Waals surface area contributed by atoms with Crippen molar-refractivity contribution in [3.63, 3.8) is 0 Å². The second-order valence-electron chi connectivity index (χ2n) is 4.56. The number of carbonyl (C=O) groups excluding carboxylic acids is 1. The van der Waals surface area contributed by atoms with E-state index in [9.17, 15) is 4.79 Å². The molecule has 0 spiro atoms. The second-order valence-corrected chi connectivity index (χ2v) is 5.86. The first kappa shape index (κ1) is 11.7. The molecular formula is C14H13BrN2O. The number of rotatable bonds is 2. The fourth-order valence-corrected chi connectivity index (χ4v) is 3.00. The summed E-state index contributed by atoms with van der Waals surface area (Å²) in [5.74, 6) is 0.220. The molecule has 3 nitrogen and oxygen atoms in total. The maximum Gasteiger partial charge on any atom is 0.224 e. The van der Waals surface area contributed by atoms with Gasteiger partial charge in [0.25, 0.3) is 0 Å². The van der Waals surface area contributed by atoms with E-state index < -0.39 is 0 Å². The van der Waals surface area contributed by atoms with Gasteiger partial charge in [0.05, 0.1) is 5.52 Å². The van der Waals surface area contributed by atoms with E-state index in [1.165, 1.54) is 0 Å². The van der Waals surface area contributed by atoms with E-state index in [2.05, 4.69) is 27.0 Å².